The molecule has 0 aromatic carbocycles. The zero-order chi connectivity index (χ0) is 8.82. The molecule has 2 heterocycles. The third-order valence-corrected chi connectivity index (χ3v) is 2.78. The van der Waals surface area contributed by atoms with Crippen LogP contribution in [0.2, 0.25) is 0 Å². The zero-order valence-electron chi connectivity index (χ0n) is 6.90. The van der Waals surface area contributed by atoms with Gasteiger partial charge in [-0.2, -0.15) is 8.78 Å². The molecule has 0 aromatic rings. The number of halogens is 3. The highest BCUT2D eigenvalue weighted by molar-refractivity contribution is 5.87. The van der Waals surface area contributed by atoms with Gasteiger partial charge in [-0.25, -0.2) is 0 Å². The highest BCUT2D eigenvalue weighted by atomic mass is 35.5. The molecule has 0 bridgehead atoms. The molecular formula is C7H11ClF2N2O. The van der Waals surface area contributed by atoms with Crippen LogP contribution in [0.4, 0.5) is 8.78 Å². The third kappa shape index (κ3) is 1.21. The normalized spacial score (nSPS) is 36.0. The van der Waals surface area contributed by atoms with Gasteiger partial charge in [0.2, 0.25) is 0 Å². The molecule has 0 radical (unpaired) electrons. The SMILES string of the molecule is Cl.O=C1NCC2(CCNC2)C1(F)F. The first-order valence-electron chi connectivity index (χ1n) is 3.95. The predicted octanol–water partition coefficient (Wildman–Crippen LogP) is 0.153. The molecule has 2 rings (SSSR count). The maximum absolute atomic E-state index is 13.2. The topological polar surface area (TPSA) is 41.1 Å². The second-order valence-corrected chi connectivity index (χ2v) is 3.46. The summed E-state index contributed by atoms with van der Waals surface area (Å²) < 4.78 is 26.5. The molecule has 1 spiro atoms. The summed E-state index contributed by atoms with van der Waals surface area (Å²) in [6.45, 7) is 0.912. The van der Waals surface area contributed by atoms with Crippen LogP contribution < -0.4 is 10.6 Å². The minimum absolute atomic E-state index is 0. The van der Waals surface area contributed by atoms with Crippen molar-refractivity contribution in [1.29, 1.82) is 0 Å². The number of hydrogen-bond donors (Lipinski definition) is 2. The fourth-order valence-corrected chi connectivity index (χ4v) is 1.87. The van der Waals surface area contributed by atoms with Gasteiger partial charge in [0.05, 0.1) is 5.41 Å². The van der Waals surface area contributed by atoms with E-state index in [0.717, 1.165) is 0 Å². The van der Waals surface area contributed by atoms with Crippen molar-refractivity contribution in [2.75, 3.05) is 19.6 Å². The summed E-state index contributed by atoms with van der Waals surface area (Å²) in [5.41, 5.74) is -1.15. The zero-order valence-corrected chi connectivity index (χ0v) is 7.72. The van der Waals surface area contributed by atoms with Crippen molar-refractivity contribution >= 4 is 18.3 Å². The van der Waals surface area contributed by atoms with Crippen LogP contribution in [0.5, 0.6) is 0 Å². The van der Waals surface area contributed by atoms with Crippen LogP contribution in [0.25, 0.3) is 0 Å². The fourth-order valence-electron chi connectivity index (χ4n) is 1.87. The molecule has 76 valence electrons. The van der Waals surface area contributed by atoms with Crippen molar-refractivity contribution in [2.45, 2.75) is 12.3 Å². The Morgan fingerprint density at radius 1 is 1.31 bits per heavy atom. The average molecular weight is 213 g/mol. The largest absolute Gasteiger partial charge is 0.350 e. The third-order valence-electron chi connectivity index (χ3n) is 2.78. The van der Waals surface area contributed by atoms with Crippen molar-refractivity contribution in [3.8, 4) is 0 Å². The lowest BCUT2D eigenvalue weighted by Crippen LogP contribution is -2.43. The fraction of sp³-hybridized carbons (Fsp3) is 0.857. The van der Waals surface area contributed by atoms with Crippen LogP contribution in [-0.2, 0) is 4.79 Å². The summed E-state index contributed by atoms with van der Waals surface area (Å²) in [6.07, 6.45) is 0.374. The van der Waals surface area contributed by atoms with Crippen molar-refractivity contribution in [1.82, 2.24) is 10.6 Å². The summed E-state index contributed by atoms with van der Waals surface area (Å²) >= 11 is 0. The van der Waals surface area contributed by atoms with Crippen LogP contribution in [0.1, 0.15) is 6.42 Å². The Kier molecular flexibility index (Phi) is 2.51. The Balaban J connectivity index is 0.000000845. The van der Waals surface area contributed by atoms with Gasteiger partial charge < -0.3 is 10.6 Å². The molecule has 2 aliphatic heterocycles. The molecule has 2 saturated heterocycles. The maximum Gasteiger partial charge on any atom is 0.332 e. The summed E-state index contributed by atoms with van der Waals surface area (Å²) in [7, 11) is 0. The number of rotatable bonds is 0. The molecule has 3 nitrogen and oxygen atoms in total. The monoisotopic (exact) mass is 212 g/mol. The van der Waals surface area contributed by atoms with E-state index in [4.69, 9.17) is 0 Å². The van der Waals surface area contributed by atoms with Gasteiger partial charge in [0.25, 0.3) is 5.91 Å². The summed E-state index contributed by atoms with van der Waals surface area (Å²) in [5.74, 6) is -4.30. The lowest BCUT2D eigenvalue weighted by molar-refractivity contribution is -0.152. The Labute approximate surface area is 80.7 Å². The first-order valence-corrected chi connectivity index (χ1v) is 3.95. The van der Waals surface area contributed by atoms with Gasteiger partial charge in [-0.15, -0.1) is 12.4 Å². The second kappa shape index (κ2) is 3.06. The summed E-state index contributed by atoms with van der Waals surface area (Å²) in [5, 5.41) is 5.07. The molecule has 1 atom stereocenters. The maximum atomic E-state index is 13.2. The Morgan fingerprint density at radius 3 is 2.38 bits per heavy atom. The molecule has 2 N–H and O–H groups in total. The molecular weight excluding hydrogens is 202 g/mol. The van der Waals surface area contributed by atoms with E-state index in [1.54, 1.807) is 0 Å². The van der Waals surface area contributed by atoms with Crippen LogP contribution in [-0.4, -0.2) is 31.5 Å². The number of amides is 1. The van der Waals surface area contributed by atoms with E-state index in [1.165, 1.54) is 0 Å². The van der Waals surface area contributed by atoms with Crippen molar-refractivity contribution in [3.05, 3.63) is 0 Å². The number of carbonyl (C=O) groups is 1. The van der Waals surface area contributed by atoms with Crippen molar-refractivity contribution in [3.63, 3.8) is 0 Å². The molecule has 0 aromatic heterocycles. The number of hydrogen-bond acceptors (Lipinski definition) is 2. The smallest absolute Gasteiger partial charge is 0.332 e. The van der Waals surface area contributed by atoms with Crippen LogP contribution in [0, 0.1) is 5.41 Å². The molecule has 0 saturated carbocycles. The van der Waals surface area contributed by atoms with E-state index in [-0.39, 0.29) is 25.5 Å². The predicted molar refractivity (Wildman–Crippen MR) is 45.1 cm³/mol. The van der Waals surface area contributed by atoms with E-state index in [9.17, 15) is 13.6 Å². The summed E-state index contributed by atoms with van der Waals surface area (Å²) in [4.78, 5) is 10.8. The van der Waals surface area contributed by atoms with Crippen molar-refractivity contribution in [2.24, 2.45) is 5.41 Å². The first kappa shape index (κ1) is 10.7. The molecule has 2 fully saturated rings. The first-order chi connectivity index (χ1) is 5.58. The van der Waals surface area contributed by atoms with Crippen LogP contribution >= 0.6 is 12.4 Å². The quantitative estimate of drug-likeness (QED) is 0.600. The average Bonchev–Trinajstić information content (AvgIpc) is 2.55. The van der Waals surface area contributed by atoms with E-state index in [1.807, 2.05) is 0 Å². The highest BCUT2D eigenvalue weighted by Gasteiger charge is 2.64. The summed E-state index contributed by atoms with van der Waals surface area (Å²) in [6, 6.07) is 0. The lowest BCUT2D eigenvalue weighted by Gasteiger charge is -2.25. The molecule has 1 unspecified atom stereocenters. The number of nitrogens with one attached hydrogen (secondary N) is 2. The number of alkyl halides is 2. The Bertz CT molecular complexity index is 229. The van der Waals surface area contributed by atoms with Gasteiger partial charge in [0.1, 0.15) is 0 Å². The van der Waals surface area contributed by atoms with E-state index < -0.39 is 17.2 Å². The van der Waals surface area contributed by atoms with Gasteiger partial charge in [-0.3, -0.25) is 4.79 Å². The number of carbonyl (C=O) groups excluding carboxylic acids is 1. The van der Waals surface area contributed by atoms with E-state index in [0.29, 0.717) is 13.0 Å². The minimum Gasteiger partial charge on any atom is -0.350 e. The van der Waals surface area contributed by atoms with Crippen LogP contribution in [0.15, 0.2) is 0 Å². The standard InChI is InChI=1S/C7H10F2N2O.ClH/c8-7(9)5(12)11-4-6(7)1-2-10-3-6;/h10H,1-4H2,(H,11,12);1H. The molecule has 0 aliphatic carbocycles. The lowest BCUT2D eigenvalue weighted by atomic mass is 9.83. The molecule has 6 heteroatoms. The van der Waals surface area contributed by atoms with Gasteiger partial charge in [-0.1, -0.05) is 0 Å². The van der Waals surface area contributed by atoms with E-state index in [2.05, 4.69) is 10.6 Å². The van der Waals surface area contributed by atoms with Gasteiger partial charge in [-0.05, 0) is 13.0 Å². The van der Waals surface area contributed by atoms with Gasteiger partial charge >= 0.3 is 5.92 Å². The van der Waals surface area contributed by atoms with Gasteiger partial charge in [0.15, 0.2) is 0 Å². The Morgan fingerprint density at radius 2 is 2.00 bits per heavy atom. The minimum atomic E-state index is -3.18. The van der Waals surface area contributed by atoms with Gasteiger partial charge in [0, 0.05) is 13.1 Å². The van der Waals surface area contributed by atoms with E-state index >= 15 is 0 Å². The van der Waals surface area contributed by atoms with Crippen molar-refractivity contribution < 1.29 is 13.6 Å². The molecule has 2 aliphatic rings. The Hall–Kier alpha value is -0.420. The molecule has 1 amide bonds. The van der Waals surface area contributed by atoms with Crippen LogP contribution in [0.3, 0.4) is 0 Å². The molecule has 13 heavy (non-hydrogen) atoms. The highest BCUT2D eigenvalue weighted by Crippen LogP contribution is 2.44. The second-order valence-electron chi connectivity index (χ2n) is 3.46.